The molecular formula is C18H26N4OS. The second kappa shape index (κ2) is 7.92. The molecule has 0 unspecified atom stereocenters. The molecule has 0 spiro atoms. The summed E-state index contributed by atoms with van der Waals surface area (Å²) in [5, 5.41) is 3.01. The Morgan fingerprint density at radius 3 is 3.08 bits per heavy atom. The number of aryl methyl sites for hydroxylation is 2. The summed E-state index contributed by atoms with van der Waals surface area (Å²) < 4.78 is 2.27. The highest BCUT2D eigenvalue weighted by Gasteiger charge is 2.27. The number of likely N-dealkylation sites (tertiary alicyclic amines) is 1. The molecule has 3 heterocycles. The van der Waals surface area contributed by atoms with Gasteiger partial charge in [-0.25, -0.2) is 9.97 Å². The number of piperidine rings is 1. The fourth-order valence-corrected chi connectivity index (χ4v) is 3.98. The summed E-state index contributed by atoms with van der Waals surface area (Å²) in [5.41, 5.74) is 0.897. The average molecular weight is 346 g/mol. The van der Waals surface area contributed by atoms with Gasteiger partial charge in [0.05, 0.1) is 17.1 Å². The zero-order chi connectivity index (χ0) is 16.9. The van der Waals surface area contributed by atoms with Crippen molar-refractivity contribution in [3.63, 3.8) is 0 Å². The lowest BCUT2D eigenvalue weighted by Crippen LogP contribution is -2.40. The Morgan fingerprint density at radius 1 is 1.46 bits per heavy atom. The van der Waals surface area contributed by atoms with E-state index in [1.807, 2.05) is 23.4 Å². The molecule has 130 valence electrons. The predicted molar refractivity (Wildman–Crippen MR) is 96.2 cm³/mol. The van der Waals surface area contributed by atoms with E-state index in [2.05, 4.69) is 27.7 Å². The molecule has 2 aromatic heterocycles. The molecule has 1 atom stereocenters. The van der Waals surface area contributed by atoms with Crippen LogP contribution in [0.5, 0.6) is 0 Å². The number of aromatic nitrogens is 3. The lowest BCUT2D eigenvalue weighted by molar-refractivity contribution is -0.131. The van der Waals surface area contributed by atoms with Crippen molar-refractivity contribution in [3.05, 3.63) is 34.3 Å². The van der Waals surface area contributed by atoms with Gasteiger partial charge in [0.1, 0.15) is 5.82 Å². The van der Waals surface area contributed by atoms with Gasteiger partial charge in [-0.1, -0.05) is 13.3 Å². The van der Waals surface area contributed by atoms with Crippen LogP contribution in [-0.4, -0.2) is 38.4 Å². The lowest BCUT2D eigenvalue weighted by Gasteiger charge is -2.32. The van der Waals surface area contributed by atoms with E-state index in [0.717, 1.165) is 49.0 Å². The van der Waals surface area contributed by atoms with E-state index in [0.29, 0.717) is 12.3 Å². The predicted octanol–water partition coefficient (Wildman–Crippen LogP) is 3.40. The standard InChI is InChI=1S/C18H26N4OS/c1-3-4-8-21-10-7-19-18(21)15-6-5-9-22(12-15)17(23)11-16-13-24-14(2)20-16/h7,10,13,15H,3-6,8-9,11-12H2,1-2H3/t15-/m1/s1. The van der Waals surface area contributed by atoms with E-state index in [9.17, 15) is 4.79 Å². The molecule has 1 aliphatic heterocycles. The number of thiazole rings is 1. The maximum atomic E-state index is 12.6. The van der Waals surface area contributed by atoms with E-state index >= 15 is 0 Å². The van der Waals surface area contributed by atoms with Crippen molar-refractivity contribution < 1.29 is 4.79 Å². The van der Waals surface area contributed by atoms with E-state index in [4.69, 9.17) is 0 Å². The summed E-state index contributed by atoms with van der Waals surface area (Å²) in [4.78, 5) is 23.6. The molecule has 3 rings (SSSR count). The van der Waals surface area contributed by atoms with Crippen molar-refractivity contribution in [3.8, 4) is 0 Å². The molecule has 0 radical (unpaired) electrons. The van der Waals surface area contributed by atoms with Gasteiger partial charge in [0.2, 0.25) is 5.91 Å². The van der Waals surface area contributed by atoms with Crippen LogP contribution >= 0.6 is 11.3 Å². The minimum atomic E-state index is 0.191. The molecule has 6 heteroatoms. The van der Waals surface area contributed by atoms with Crippen LogP contribution in [0.1, 0.15) is 55.1 Å². The Balaban J connectivity index is 1.63. The van der Waals surface area contributed by atoms with Crippen LogP contribution in [-0.2, 0) is 17.8 Å². The zero-order valence-corrected chi connectivity index (χ0v) is 15.4. The van der Waals surface area contributed by atoms with E-state index < -0.39 is 0 Å². The summed E-state index contributed by atoms with van der Waals surface area (Å²) in [6.45, 7) is 6.84. The largest absolute Gasteiger partial charge is 0.342 e. The number of carbonyl (C=O) groups excluding carboxylic acids is 1. The highest BCUT2D eigenvalue weighted by Crippen LogP contribution is 2.26. The van der Waals surface area contributed by atoms with Gasteiger partial charge in [-0.05, 0) is 26.2 Å². The van der Waals surface area contributed by atoms with Gasteiger partial charge < -0.3 is 9.47 Å². The first-order valence-corrected chi connectivity index (χ1v) is 9.75. The first kappa shape index (κ1) is 17.1. The third kappa shape index (κ3) is 4.04. The quantitative estimate of drug-likeness (QED) is 0.805. The Bertz CT molecular complexity index is 678. The lowest BCUT2D eigenvalue weighted by atomic mass is 9.96. The zero-order valence-electron chi connectivity index (χ0n) is 14.6. The summed E-state index contributed by atoms with van der Waals surface area (Å²) >= 11 is 1.61. The fourth-order valence-electron chi connectivity index (χ4n) is 3.37. The molecule has 0 N–H and O–H groups in total. The first-order valence-electron chi connectivity index (χ1n) is 8.87. The maximum Gasteiger partial charge on any atom is 0.228 e. The van der Waals surface area contributed by atoms with Gasteiger partial charge >= 0.3 is 0 Å². The third-order valence-electron chi connectivity index (χ3n) is 4.64. The molecule has 5 nitrogen and oxygen atoms in total. The van der Waals surface area contributed by atoms with Crippen molar-refractivity contribution in [1.29, 1.82) is 0 Å². The fraction of sp³-hybridized carbons (Fsp3) is 0.611. The van der Waals surface area contributed by atoms with Crippen molar-refractivity contribution in [1.82, 2.24) is 19.4 Å². The topological polar surface area (TPSA) is 51.0 Å². The number of hydrogen-bond acceptors (Lipinski definition) is 4. The van der Waals surface area contributed by atoms with Gasteiger partial charge in [0.15, 0.2) is 0 Å². The van der Waals surface area contributed by atoms with Crippen molar-refractivity contribution in [2.45, 2.75) is 58.4 Å². The highest BCUT2D eigenvalue weighted by atomic mass is 32.1. The van der Waals surface area contributed by atoms with Crippen LogP contribution in [0.3, 0.4) is 0 Å². The molecule has 2 aromatic rings. The number of nitrogens with zero attached hydrogens (tertiary/aromatic N) is 4. The van der Waals surface area contributed by atoms with Crippen molar-refractivity contribution in [2.24, 2.45) is 0 Å². The number of imidazole rings is 1. The molecule has 0 saturated carbocycles. The number of amides is 1. The highest BCUT2D eigenvalue weighted by molar-refractivity contribution is 7.09. The first-order chi connectivity index (χ1) is 11.7. The molecular weight excluding hydrogens is 320 g/mol. The van der Waals surface area contributed by atoms with Crippen LogP contribution in [0.25, 0.3) is 0 Å². The maximum absolute atomic E-state index is 12.6. The van der Waals surface area contributed by atoms with Crippen molar-refractivity contribution >= 4 is 17.2 Å². The van der Waals surface area contributed by atoms with Gasteiger partial charge in [-0.15, -0.1) is 11.3 Å². The summed E-state index contributed by atoms with van der Waals surface area (Å²) in [7, 11) is 0. The molecule has 24 heavy (non-hydrogen) atoms. The van der Waals surface area contributed by atoms with Gasteiger partial charge in [0.25, 0.3) is 0 Å². The van der Waals surface area contributed by atoms with Gasteiger partial charge in [-0.2, -0.15) is 0 Å². The SMILES string of the molecule is CCCCn1ccnc1[C@@H]1CCCN(C(=O)Cc2csc(C)n2)C1. The Morgan fingerprint density at radius 2 is 2.33 bits per heavy atom. The monoisotopic (exact) mass is 346 g/mol. The van der Waals surface area contributed by atoms with Gasteiger partial charge in [0, 0.05) is 43.3 Å². The minimum absolute atomic E-state index is 0.191. The Hall–Kier alpha value is -1.69. The molecule has 0 aromatic carbocycles. The van der Waals surface area contributed by atoms with E-state index in [1.165, 1.54) is 12.8 Å². The van der Waals surface area contributed by atoms with Crippen LogP contribution < -0.4 is 0 Å². The number of hydrogen-bond donors (Lipinski definition) is 0. The second-order valence-corrected chi connectivity index (χ2v) is 7.61. The minimum Gasteiger partial charge on any atom is -0.342 e. The normalized spacial score (nSPS) is 18.1. The smallest absolute Gasteiger partial charge is 0.228 e. The molecule has 1 amide bonds. The molecule has 1 saturated heterocycles. The average Bonchev–Trinajstić information content (AvgIpc) is 3.22. The summed E-state index contributed by atoms with van der Waals surface area (Å²) in [5.74, 6) is 1.69. The summed E-state index contributed by atoms with van der Waals surface area (Å²) in [6, 6.07) is 0. The molecule has 0 aliphatic carbocycles. The van der Waals surface area contributed by atoms with E-state index in [-0.39, 0.29) is 5.91 Å². The Labute approximate surface area is 147 Å². The Kier molecular flexibility index (Phi) is 5.66. The van der Waals surface area contributed by atoms with Crippen molar-refractivity contribution in [2.75, 3.05) is 13.1 Å². The summed E-state index contributed by atoms with van der Waals surface area (Å²) in [6.07, 6.45) is 8.90. The number of rotatable bonds is 6. The second-order valence-electron chi connectivity index (χ2n) is 6.55. The van der Waals surface area contributed by atoms with Crippen LogP contribution in [0.4, 0.5) is 0 Å². The molecule has 1 fully saturated rings. The number of unbranched alkanes of at least 4 members (excludes halogenated alkanes) is 1. The third-order valence-corrected chi connectivity index (χ3v) is 5.46. The van der Waals surface area contributed by atoms with Gasteiger partial charge in [-0.3, -0.25) is 4.79 Å². The molecule has 0 bridgehead atoms. The molecule has 1 aliphatic rings. The van der Waals surface area contributed by atoms with Crippen LogP contribution in [0.2, 0.25) is 0 Å². The number of carbonyl (C=O) groups is 1. The van der Waals surface area contributed by atoms with Crippen LogP contribution in [0.15, 0.2) is 17.8 Å². The van der Waals surface area contributed by atoms with Crippen LogP contribution in [0, 0.1) is 6.92 Å². The van der Waals surface area contributed by atoms with E-state index in [1.54, 1.807) is 11.3 Å².